The Hall–Kier alpha value is -2.88. The summed E-state index contributed by atoms with van der Waals surface area (Å²) >= 11 is 0. The van der Waals surface area contributed by atoms with E-state index in [1.807, 2.05) is 30.3 Å². The van der Waals surface area contributed by atoms with E-state index in [0.29, 0.717) is 5.92 Å². The summed E-state index contributed by atoms with van der Waals surface area (Å²) in [4.78, 5) is 20.6. The first-order valence-electron chi connectivity index (χ1n) is 10.7. The Balaban J connectivity index is 1.49. The Bertz CT molecular complexity index is 1060. The highest BCUT2D eigenvalue weighted by Gasteiger charge is 2.26. The van der Waals surface area contributed by atoms with Crippen LogP contribution in [0.25, 0.3) is 10.9 Å². The summed E-state index contributed by atoms with van der Waals surface area (Å²) in [5.74, 6) is 1.58. The molecule has 3 aromatic rings. The van der Waals surface area contributed by atoms with Gasteiger partial charge in [-0.05, 0) is 54.9 Å². The zero-order chi connectivity index (χ0) is 19.8. The number of fused-ring (bicyclic) bond motifs is 2. The summed E-state index contributed by atoms with van der Waals surface area (Å²) < 4.78 is 0. The Kier molecular flexibility index (Phi) is 4.70. The fraction of sp³-hybridized carbons (Fsp3) is 0.360. The molecule has 1 aliphatic carbocycles. The first kappa shape index (κ1) is 18.2. The average molecular weight is 386 g/mol. The van der Waals surface area contributed by atoms with Crippen LogP contribution in [0.2, 0.25) is 0 Å². The molecule has 29 heavy (non-hydrogen) atoms. The molecule has 1 amide bonds. The molecule has 2 atom stereocenters. The van der Waals surface area contributed by atoms with Crippen molar-refractivity contribution in [3.05, 3.63) is 71.3 Å². The molecule has 1 N–H and O–H groups in total. The fourth-order valence-corrected chi connectivity index (χ4v) is 4.85. The molecule has 2 aromatic carbocycles. The van der Waals surface area contributed by atoms with Crippen LogP contribution in [0.3, 0.4) is 0 Å². The van der Waals surface area contributed by atoms with Gasteiger partial charge in [0.2, 0.25) is 0 Å². The first-order chi connectivity index (χ1) is 14.2. The minimum atomic E-state index is -0.00314. The van der Waals surface area contributed by atoms with Gasteiger partial charge in [-0.3, -0.25) is 4.79 Å². The number of hydrogen-bond acceptors (Lipinski definition) is 3. The third kappa shape index (κ3) is 3.48. The molecule has 2 aliphatic rings. The second-order valence-electron chi connectivity index (χ2n) is 8.50. The van der Waals surface area contributed by atoms with Gasteiger partial charge in [-0.1, -0.05) is 49.4 Å². The Morgan fingerprint density at radius 1 is 1.10 bits per heavy atom. The van der Waals surface area contributed by atoms with E-state index in [2.05, 4.69) is 41.4 Å². The molecule has 0 unspecified atom stereocenters. The highest BCUT2D eigenvalue weighted by atomic mass is 16.1. The van der Waals surface area contributed by atoms with E-state index in [1.54, 1.807) is 0 Å². The lowest BCUT2D eigenvalue weighted by molar-refractivity contribution is 0.0938. The standard InChI is InChI=1S/C25H27N3O/c1-17-7-6-14-28(16-17)24-15-21(20-10-4-5-11-22(20)26-24)25(29)27-23-13-12-18-8-2-3-9-19(18)23/h2-5,8-11,15,17,23H,6-7,12-14,16H2,1H3,(H,27,29)/t17-,23+/m1/s1. The number of piperidine rings is 1. The molecule has 1 saturated heterocycles. The van der Waals surface area contributed by atoms with Crippen LogP contribution in [0, 0.1) is 5.92 Å². The van der Waals surface area contributed by atoms with Crippen LogP contribution in [0.1, 0.15) is 53.7 Å². The molecule has 0 saturated carbocycles. The Morgan fingerprint density at radius 3 is 2.83 bits per heavy atom. The maximum Gasteiger partial charge on any atom is 0.252 e. The van der Waals surface area contributed by atoms with Crippen molar-refractivity contribution < 1.29 is 4.79 Å². The van der Waals surface area contributed by atoms with Gasteiger partial charge in [-0.25, -0.2) is 4.98 Å². The van der Waals surface area contributed by atoms with E-state index in [-0.39, 0.29) is 11.9 Å². The topological polar surface area (TPSA) is 45.2 Å². The van der Waals surface area contributed by atoms with E-state index in [4.69, 9.17) is 4.98 Å². The maximum atomic E-state index is 13.4. The molecule has 5 rings (SSSR count). The number of anilines is 1. The van der Waals surface area contributed by atoms with E-state index in [0.717, 1.165) is 48.2 Å². The van der Waals surface area contributed by atoms with Crippen molar-refractivity contribution >= 4 is 22.6 Å². The number of nitrogens with zero attached hydrogens (tertiary/aromatic N) is 2. The van der Waals surface area contributed by atoms with Crippen LogP contribution < -0.4 is 10.2 Å². The van der Waals surface area contributed by atoms with Crippen molar-refractivity contribution in [3.8, 4) is 0 Å². The predicted octanol–water partition coefficient (Wildman–Crippen LogP) is 4.89. The third-order valence-corrected chi connectivity index (χ3v) is 6.37. The highest BCUT2D eigenvalue weighted by Crippen LogP contribution is 2.32. The van der Waals surface area contributed by atoms with Crippen LogP contribution in [-0.2, 0) is 6.42 Å². The largest absolute Gasteiger partial charge is 0.356 e. The molecular weight excluding hydrogens is 358 g/mol. The van der Waals surface area contributed by atoms with E-state index in [1.165, 1.54) is 24.0 Å². The van der Waals surface area contributed by atoms with Crippen molar-refractivity contribution in [3.63, 3.8) is 0 Å². The normalized spacial score (nSPS) is 21.2. The van der Waals surface area contributed by atoms with Crippen molar-refractivity contribution in [2.75, 3.05) is 18.0 Å². The molecule has 1 aromatic heterocycles. The van der Waals surface area contributed by atoms with E-state index in [9.17, 15) is 4.79 Å². The molecule has 4 heteroatoms. The summed E-state index contributed by atoms with van der Waals surface area (Å²) in [7, 11) is 0. The van der Waals surface area contributed by atoms with E-state index < -0.39 is 0 Å². The summed E-state index contributed by atoms with van der Waals surface area (Å²) in [6.45, 7) is 4.30. The van der Waals surface area contributed by atoms with Crippen molar-refractivity contribution in [2.24, 2.45) is 5.92 Å². The fourth-order valence-electron chi connectivity index (χ4n) is 4.85. The molecule has 2 heterocycles. The Morgan fingerprint density at radius 2 is 1.93 bits per heavy atom. The van der Waals surface area contributed by atoms with Gasteiger partial charge in [0.05, 0.1) is 17.1 Å². The third-order valence-electron chi connectivity index (χ3n) is 6.37. The zero-order valence-corrected chi connectivity index (χ0v) is 16.9. The average Bonchev–Trinajstić information content (AvgIpc) is 3.16. The lowest BCUT2D eigenvalue weighted by Gasteiger charge is -2.32. The van der Waals surface area contributed by atoms with Gasteiger partial charge in [0.15, 0.2) is 0 Å². The lowest BCUT2D eigenvalue weighted by Crippen LogP contribution is -2.35. The SMILES string of the molecule is C[C@@H]1CCCN(c2cc(C(=O)N[C@H]3CCc4ccccc43)c3ccccc3n2)C1. The number of aryl methyl sites for hydroxylation is 1. The van der Waals surface area contributed by atoms with Gasteiger partial charge < -0.3 is 10.2 Å². The highest BCUT2D eigenvalue weighted by molar-refractivity contribution is 6.07. The number of hydrogen-bond donors (Lipinski definition) is 1. The lowest BCUT2D eigenvalue weighted by atomic mass is 10.00. The zero-order valence-electron chi connectivity index (χ0n) is 16.9. The summed E-state index contributed by atoms with van der Waals surface area (Å²) in [6, 6.07) is 18.5. The van der Waals surface area contributed by atoms with Gasteiger partial charge in [-0.2, -0.15) is 0 Å². The molecule has 0 radical (unpaired) electrons. The van der Waals surface area contributed by atoms with Crippen LogP contribution >= 0.6 is 0 Å². The van der Waals surface area contributed by atoms with Gasteiger partial charge in [0, 0.05) is 18.5 Å². The number of carbonyl (C=O) groups is 1. The maximum absolute atomic E-state index is 13.4. The number of para-hydroxylation sites is 1. The summed E-state index contributed by atoms with van der Waals surface area (Å²) in [5.41, 5.74) is 4.22. The predicted molar refractivity (Wildman–Crippen MR) is 117 cm³/mol. The molecule has 0 bridgehead atoms. The van der Waals surface area contributed by atoms with Crippen LogP contribution in [0.5, 0.6) is 0 Å². The Labute approximate surface area is 171 Å². The number of aromatic nitrogens is 1. The molecule has 148 valence electrons. The number of nitrogens with one attached hydrogen (secondary N) is 1. The quantitative estimate of drug-likeness (QED) is 0.698. The summed E-state index contributed by atoms with van der Waals surface area (Å²) in [6.07, 6.45) is 4.42. The minimum Gasteiger partial charge on any atom is -0.356 e. The molecule has 1 aliphatic heterocycles. The molecule has 1 fully saturated rings. The van der Waals surface area contributed by atoms with E-state index >= 15 is 0 Å². The van der Waals surface area contributed by atoms with Crippen molar-refractivity contribution in [1.82, 2.24) is 10.3 Å². The molecular formula is C25H27N3O. The minimum absolute atomic E-state index is 0.00314. The first-order valence-corrected chi connectivity index (χ1v) is 10.7. The number of benzene rings is 2. The van der Waals surface area contributed by atoms with Gasteiger partial charge >= 0.3 is 0 Å². The monoisotopic (exact) mass is 385 g/mol. The van der Waals surface area contributed by atoms with Gasteiger partial charge in [-0.15, -0.1) is 0 Å². The molecule has 0 spiro atoms. The molecule has 4 nitrogen and oxygen atoms in total. The second kappa shape index (κ2) is 7.51. The number of amides is 1. The second-order valence-corrected chi connectivity index (χ2v) is 8.50. The van der Waals surface area contributed by atoms with Crippen LogP contribution in [0.15, 0.2) is 54.6 Å². The van der Waals surface area contributed by atoms with Gasteiger partial charge in [0.1, 0.15) is 5.82 Å². The smallest absolute Gasteiger partial charge is 0.252 e. The van der Waals surface area contributed by atoms with Crippen LogP contribution in [0.4, 0.5) is 5.82 Å². The number of pyridine rings is 1. The number of rotatable bonds is 3. The van der Waals surface area contributed by atoms with Crippen molar-refractivity contribution in [1.29, 1.82) is 0 Å². The van der Waals surface area contributed by atoms with Crippen LogP contribution in [-0.4, -0.2) is 24.0 Å². The summed E-state index contributed by atoms with van der Waals surface area (Å²) in [5, 5.41) is 4.22. The number of carbonyl (C=O) groups excluding carboxylic acids is 1. The van der Waals surface area contributed by atoms with Gasteiger partial charge in [0.25, 0.3) is 5.91 Å². The van der Waals surface area contributed by atoms with Crippen molar-refractivity contribution in [2.45, 2.75) is 38.6 Å².